The molecule has 9 nitrogen and oxygen atoms in total. The third kappa shape index (κ3) is 5.69. The van der Waals surface area contributed by atoms with Crippen molar-refractivity contribution in [3.63, 3.8) is 0 Å². The maximum absolute atomic E-state index is 13.0. The Hall–Kier alpha value is -3.83. The number of carbonyl (C=O) groups excluding carboxylic acids is 2. The number of nitro benzene ring substituents is 1. The highest BCUT2D eigenvalue weighted by molar-refractivity contribution is 7.80. The van der Waals surface area contributed by atoms with Crippen LogP contribution in [0.3, 0.4) is 0 Å². The molecule has 11 heteroatoms. The van der Waals surface area contributed by atoms with E-state index in [9.17, 15) is 19.7 Å². The summed E-state index contributed by atoms with van der Waals surface area (Å²) in [4.78, 5) is 38.5. The van der Waals surface area contributed by atoms with Crippen LogP contribution < -0.4 is 10.6 Å². The average Bonchev–Trinajstić information content (AvgIpc) is 3.19. The Morgan fingerprint density at radius 1 is 1.08 bits per heavy atom. The molecule has 0 bridgehead atoms. The molecule has 0 unspecified atom stereocenters. The van der Waals surface area contributed by atoms with Gasteiger partial charge >= 0.3 is 5.97 Å². The van der Waals surface area contributed by atoms with Crippen molar-refractivity contribution in [2.24, 2.45) is 0 Å². The molecule has 2 N–H and O–H groups in total. The summed E-state index contributed by atoms with van der Waals surface area (Å²) in [5.74, 6) is -0.730. The van der Waals surface area contributed by atoms with E-state index in [0.717, 1.165) is 11.3 Å². The SMILES string of the molecule is CCN(CC)C(=O)c1sc(NC(=S)Nc2ccc(-c3ccccc3[N+](=O)[O-])cc2)c(C(=O)OC)c1C. The number of ether oxygens (including phenoxy) is 1. The van der Waals surface area contributed by atoms with Gasteiger partial charge < -0.3 is 20.3 Å². The highest BCUT2D eigenvalue weighted by atomic mass is 32.1. The predicted molar refractivity (Wildman–Crippen MR) is 146 cm³/mol. The Bertz CT molecular complexity index is 1300. The zero-order valence-electron chi connectivity index (χ0n) is 20.3. The Labute approximate surface area is 218 Å². The van der Waals surface area contributed by atoms with Gasteiger partial charge in [0.2, 0.25) is 0 Å². The van der Waals surface area contributed by atoms with E-state index in [1.165, 1.54) is 13.2 Å². The number of nitrogens with zero attached hydrogens (tertiary/aromatic N) is 2. The third-order valence-corrected chi connectivity index (χ3v) is 6.96. The second-order valence-electron chi connectivity index (χ2n) is 7.66. The van der Waals surface area contributed by atoms with E-state index in [2.05, 4.69) is 10.6 Å². The molecule has 0 aliphatic carbocycles. The van der Waals surface area contributed by atoms with Crippen molar-refractivity contribution < 1.29 is 19.2 Å². The smallest absolute Gasteiger partial charge is 0.341 e. The quantitative estimate of drug-likeness (QED) is 0.166. The first-order valence-corrected chi connectivity index (χ1v) is 12.4. The number of hydrogen-bond donors (Lipinski definition) is 2. The lowest BCUT2D eigenvalue weighted by Gasteiger charge is -2.17. The van der Waals surface area contributed by atoms with Crippen LogP contribution in [0.25, 0.3) is 11.1 Å². The minimum Gasteiger partial charge on any atom is -0.465 e. The Balaban J connectivity index is 1.82. The topological polar surface area (TPSA) is 114 Å². The summed E-state index contributed by atoms with van der Waals surface area (Å²) < 4.78 is 4.94. The zero-order chi connectivity index (χ0) is 26.4. The predicted octanol–water partition coefficient (Wildman–Crippen LogP) is 5.71. The third-order valence-electron chi connectivity index (χ3n) is 5.56. The highest BCUT2D eigenvalue weighted by Gasteiger charge is 2.27. The number of nitro groups is 1. The van der Waals surface area contributed by atoms with E-state index < -0.39 is 10.9 Å². The second kappa shape index (κ2) is 11.7. The minimum absolute atomic E-state index is 0.0221. The van der Waals surface area contributed by atoms with Crippen LogP contribution in [0.5, 0.6) is 0 Å². The normalized spacial score (nSPS) is 10.4. The Morgan fingerprint density at radius 2 is 1.72 bits per heavy atom. The summed E-state index contributed by atoms with van der Waals surface area (Å²) in [5, 5.41) is 18.0. The van der Waals surface area contributed by atoms with Gasteiger partial charge in [-0.2, -0.15) is 0 Å². The number of rotatable bonds is 8. The van der Waals surface area contributed by atoms with Crippen LogP contribution in [0.15, 0.2) is 48.5 Å². The molecule has 1 aromatic heterocycles. The molecule has 0 fully saturated rings. The van der Waals surface area contributed by atoms with Gasteiger partial charge in [0.05, 0.1) is 28.0 Å². The molecular weight excluding hydrogens is 500 g/mol. The molecule has 0 aliphatic heterocycles. The largest absolute Gasteiger partial charge is 0.465 e. The molecule has 0 atom stereocenters. The number of para-hydroxylation sites is 1. The van der Waals surface area contributed by atoms with Crippen LogP contribution in [0.4, 0.5) is 16.4 Å². The van der Waals surface area contributed by atoms with Crippen molar-refractivity contribution >= 4 is 56.9 Å². The second-order valence-corrected chi connectivity index (χ2v) is 9.09. The van der Waals surface area contributed by atoms with Gasteiger partial charge in [0.15, 0.2) is 5.11 Å². The van der Waals surface area contributed by atoms with Crippen molar-refractivity contribution in [3.05, 3.63) is 74.6 Å². The van der Waals surface area contributed by atoms with Crippen molar-refractivity contribution in [2.45, 2.75) is 20.8 Å². The standard InChI is InChI=1S/C25H26N4O5S2/c1-5-28(6-2)23(30)21-15(3)20(24(31)34-4)22(36-21)27-25(35)26-17-13-11-16(12-14-17)18-9-7-8-10-19(18)29(32)33/h7-14H,5-6H2,1-4H3,(H2,26,27,35). The summed E-state index contributed by atoms with van der Waals surface area (Å²) in [6.45, 7) is 6.59. The molecule has 1 amide bonds. The number of anilines is 2. The minimum atomic E-state index is -0.568. The summed E-state index contributed by atoms with van der Waals surface area (Å²) >= 11 is 6.59. The van der Waals surface area contributed by atoms with E-state index in [1.54, 1.807) is 54.3 Å². The number of benzene rings is 2. The first-order valence-electron chi connectivity index (χ1n) is 11.1. The molecule has 3 aromatic rings. The fourth-order valence-corrected chi connectivity index (χ4v) is 5.14. The number of carbonyl (C=O) groups is 2. The van der Waals surface area contributed by atoms with E-state index in [-0.39, 0.29) is 22.3 Å². The average molecular weight is 527 g/mol. The van der Waals surface area contributed by atoms with Crippen LogP contribution in [-0.2, 0) is 4.74 Å². The molecule has 2 aromatic carbocycles. The van der Waals surface area contributed by atoms with Gasteiger partial charge in [-0.3, -0.25) is 14.9 Å². The Kier molecular flexibility index (Phi) is 8.73. The molecule has 188 valence electrons. The van der Waals surface area contributed by atoms with Crippen molar-refractivity contribution in [2.75, 3.05) is 30.8 Å². The van der Waals surface area contributed by atoms with Crippen LogP contribution in [0.2, 0.25) is 0 Å². The molecule has 1 heterocycles. The number of hydrogen-bond acceptors (Lipinski definition) is 7. The number of thiophene rings is 1. The number of methoxy groups -OCH3 is 1. The Morgan fingerprint density at radius 3 is 2.31 bits per heavy atom. The molecule has 0 radical (unpaired) electrons. The number of amides is 1. The summed E-state index contributed by atoms with van der Waals surface area (Å²) in [6.07, 6.45) is 0. The van der Waals surface area contributed by atoms with E-state index in [4.69, 9.17) is 17.0 Å². The molecule has 3 rings (SSSR count). The van der Waals surface area contributed by atoms with Crippen molar-refractivity contribution in [3.8, 4) is 11.1 Å². The first kappa shape index (κ1) is 26.8. The van der Waals surface area contributed by atoms with Crippen molar-refractivity contribution in [1.82, 2.24) is 4.90 Å². The van der Waals surface area contributed by atoms with Gasteiger partial charge in [-0.25, -0.2) is 4.79 Å². The van der Waals surface area contributed by atoms with E-state index >= 15 is 0 Å². The zero-order valence-corrected chi connectivity index (χ0v) is 21.9. The summed E-state index contributed by atoms with van der Waals surface area (Å²) in [7, 11) is 1.28. The molecule has 36 heavy (non-hydrogen) atoms. The fraction of sp³-hybridized carbons (Fsp3) is 0.240. The number of thiocarbonyl (C=S) groups is 1. The molecular formula is C25H26N4O5S2. The van der Waals surface area contributed by atoms with Crippen LogP contribution in [-0.4, -0.2) is 47.0 Å². The highest BCUT2D eigenvalue weighted by Crippen LogP contribution is 2.35. The van der Waals surface area contributed by atoms with Crippen molar-refractivity contribution in [1.29, 1.82) is 0 Å². The summed E-state index contributed by atoms with van der Waals surface area (Å²) in [6, 6.07) is 13.5. The van der Waals surface area contributed by atoms with Gasteiger partial charge in [-0.05, 0) is 62.3 Å². The van der Waals surface area contributed by atoms with Crippen LogP contribution in [0, 0.1) is 17.0 Å². The summed E-state index contributed by atoms with van der Waals surface area (Å²) in [5.41, 5.74) is 2.65. The van der Waals surface area contributed by atoms with Gasteiger partial charge in [0.1, 0.15) is 5.00 Å². The van der Waals surface area contributed by atoms with Gasteiger partial charge in [-0.1, -0.05) is 24.3 Å². The lowest BCUT2D eigenvalue weighted by molar-refractivity contribution is -0.384. The number of esters is 1. The molecule has 0 saturated heterocycles. The van der Waals surface area contributed by atoms with E-state index in [0.29, 0.717) is 45.3 Å². The molecule has 0 saturated carbocycles. The van der Waals surface area contributed by atoms with Crippen LogP contribution >= 0.6 is 23.6 Å². The van der Waals surface area contributed by atoms with Gasteiger partial charge in [0.25, 0.3) is 11.6 Å². The van der Waals surface area contributed by atoms with Crippen LogP contribution in [0.1, 0.15) is 39.4 Å². The molecule has 0 spiro atoms. The maximum Gasteiger partial charge on any atom is 0.341 e. The fourth-order valence-electron chi connectivity index (χ4n) is 3.68. The number of nitrogens with one attached hydrogen (secondary N) is 2. The lowest BCUT2D eigenvalue weighted by atomic mass is 10.0. The van der Waals surface area contributed by atoms with E-state index in [1.807, 2.05) is 13.8 Å². The monoisotopic (exact) mass is 526 g/mol. The van der Waals surface area contributed by atoms with Gasteiger partial charge in [0, 0.05) is 24.8 Å². The first-order chi connectivity index (χ1) is 17.2. The van der Waals surface area contributed by atoms with Gasteiger partial charge in [-0.15, -0.1) is 11.3 Å². The molecule has 0 aliphatic rings. The maximum atomic E-state index is 13.0. The lowest BCUT2D eigenvalue weighted by Crippen LogP contribution is -2.30.